The number of hydrogen-bond donors (Lipinski definition) is 1. The molecule has 5 nitrogen and oxygen atoms in total. The number of rotatable bonds is 4. The predicted molar refractivity (Wildman–Crippen MR) is 123 cm³/mol. The molecular formula is C25H22ClN3O2. The summed E-state index contributed by atoms with van der Waals surface area (Å²) in [6, 6.07) is 26.3. The Balaban J connectivity index is 1.72. The fourth-order valence-corrected chi connectivity index (χ4v) is 4.31. The van der Waals surface area contributed by atoms with E-state index in [1.165, 1.54) is 0 Å². The van der Waals surface area contributed by atoms with Crippen molar-refractivity contribution in [3.8, 4) is 5.75 Å². The van der Waals surface area contributed by atoms with Crippen LogP contribution in [-0.4, -0.2) is 12.3 Å². The van der Waals surface area contributed by atoms with Gasteiger partial charge in [-0.15, -0.1) is 0 Å². The highest BCUT2D eigenvalue weighted by molar-refractivity contribution is 6.30. The number of halogens is 1. The standard InChI is InChI=1S/C25H22ClN3O2/c1-16-22-23(17-8-12-19(26)13-9-17)29(20-6-4-3-5-7-20)24(27-25(22)31-28-16)18-10-14-21(30-2)15-11-18/h3-15,23-24,27H,1-2H3. The summed E-state index contributed by atoms with van der Waals surface area (Å²) in [6.45, 7) is 1.98. The van der Waals surface area contributed by atoms with Gasteiger partial charge in [-0.2, -0.15) is 0 Å². The van der Waals surface area contributed by atoms with Crippen molar-refractivity contribution in [3.05, 3.63) is 106 Å². The van der Waals surface area contributed by atoms with Crippen LogP contribution in [-0.2, 0) is 0 Å². The van der Waals surface area contributed by atoms with Crippen LogP contribution in [0.3, 0.4) is 0 Å². The minimum atomic E-state index is -0.172. The van der Waals surface area contributed by atoms with E-state index in [4.69, 9.17) is 20.9 Å². The Morgan fingerprint density at radius 1 is 0.935 bits per heavy atom. The number of ether oxygens (including phenoxy) is 1. The maximum Gasteiger partial charge on any atom is 0.232 e. The summed E-state index contributed by atoms with van der Waals surface area (Å²) in [5, 5.41) is 8.53. The molecule has 2 unspecified atom stereocenters. The summed E-state index contributed by atoms with van der Waals surface area (Å²) in [6.07, 6.45) is -0.172. The van der Waals surface area contributed by atoms with Gasteiger partial charge in [0.25, 0.3) is 0 Å². The van der Waals surface area contributed by atoms with Gasteiger partial charge in [-0.25, -0.2) is 0 Å². The van der Waals surface area contributed by atoms with Crippen molar-refractivity contribution in [2.24, 2.45) is 0 Å². The topological polar surface area (TPSA) is 50.5 Å². The van der Waals surface area contributed by atoms with Crippen LogP contribution in [0, 0.1) is 6.92 Å². The molecule has 1 N–H and O–H groups in total. The van der Waals surface area contributed by atoms with Crippen molar-refractivity contribution < 1.29 is 9.26 Å². The van der Waals surface area contributed by atoms with Crippen molar-refractivity contribution in [1.82, 2.24) is 5.16 Å². The lowest BCUT2D eigenvalue weighted by Crippen LogP contribution is -2.41. The van der Waals surface area contributed by atoms with Crippen molar-refractivity contribution in [2.75, 3.05) is 17.3 Å². The molecule has 1 aliphatic heterocycles. The largest absolute Gasteiger partial charge is 0.497 e. The van der Waals surface area contributed by atoms with Crippen LogP contribution in [0.1, 0.15) is 34.6 Å². The molecule has 0 radical (unpaired) electrons. The highest BCUT2D eigenvalue weighted by Gasteiger charge is 2.40. The van der Waals surface area contributed by atoms with Crippen molar-refractivity contribution in [3.63, 3.8) is 0 Å². The number of methoxy groups -OCH3 is 1. The first-order valence-electron chi connectivity index (χ1n) is 10.1. The molecule has 0 amide bonds. The molecule has 31 heavy (non-hydrogen) atoms. The summed E-state index contributed by atoms with van der Waals surface area (Å²) < 4.78 is 11.1. The van der Waals surface area contributed by atoms with E-state index < -0.39 is 0 Å². The molecule has 5 rings (SSSR count). The normalized spacial score (nSPS) is 17.7. The highest BCUT2D eigenvalue weighted by Crippen LogP contribution is 2.47. The Hall–Kier alpha value is -3.44. The van der Waals surface area contributed by atoms with Crippen LogP contribution in [0.4, 0.5) is 11.6 Å². The smallest absolute Gasteiger partial charge is 0.232 e. The molecule has 2 atom stereocenters. The van der Waals surface area contributed by atoms with Crippen molar-refractivity contribution in [2.45, 2.75) is 19.1 Å². The number of benzene rings is 3. The number of para-hydroxylation sites is 1. The average molecular weight is 432 g/mol. The molecule has 3 aromatic carbocycles. The van der Waals surface area contributed by atoms with Crippen LogP contribution in [0.2, 0.25) is 5.02 Å². The molecule has 0 saturated carbocycles. The zero-order chi connectivity index (χ0) is 21.4. The molecule has 0 bridgehead atoms. The fourth-order valence-electron chi connectivity index (χ4n) is 4.19. The van der Waals surface area contributed by atoms with E-state index in [-0.39, 0.29) is 12.2 Å². The Kier molecular flexibility index (Phi) is 5.04. The second kappa shape index (κ2) is 8.00. The van der Waals surface area contributed by atoms with Gasteiger partial charge >= 0.3 is 0 Å². The molecule has 6 heteroatoms. The number of aromatic nitrogens is 1. The van der Waals surface area contributed by atoms with Crippen LogP contribution >= 0.6 is 11.6 Å². The second-order valence-electron chi connectivity index (χ2n) is 7.53. The van der Waals surface area contributed by atoms with Crippen LogP contribution < -0.4 is 15.0 Å². The monoisotopic (exact) mass is 431 g/mol. The molecule has 156 valence electrons. The zero-order valence-electron chi connectivity index (χ0n) is 17.2. The lowest BCUT2D eigenvalue weighted by molar-refractivity contribution is 0.413. The molecule has 2 heterocycles. The molecule has 0 spiro atoms. The Morgan fingerprint density at radius 2 is 1.61 bits per heavy atom. The molecule has 0 saturated heterocycles. The fraction of sp³-hybridized carbons (Fsp3) is 0.160. The van der Waals surface area contributed by atoms with Crippen molar-refractivity contribution >= 4 is 23.2 Å². The van der Waals surface area contributed by atoms with Gasteiger partial charge in [0, 0.05) is 10.7 Å². The SMILES string of the molecule is COc1ccc(C2Nc3onc(C)c3C(c3ccc(Cl)cc3)N2c2ccccc2)cc1. The van der Waals surface area contributed by atoms with Gasteiger partial charge in [-0.05, 0) is 54.4 Å². The average Bonchev–Trinajstić information content (AvgIpc) is 3.19. The van der Waals surface area contributed by atoms with Gasteiger partial charge in [0.15, 0.2) is 0 Å². The molecule has 4 aromatic rings. The number of fused-ring (bicyclic) bond motifs is 1. The lowest BCUT2D eigenvalue weighted by atomic mass is 9.92. The summed E-state index contributed by atoms with van der Waals surface area (Å²) in [7, 11) is 1.67. The lowest BCUT2D eigenvalue weighted by Gasteiger charge is -2.44. The van der Waals surface area contributed by atoms with Crippen molar-refractivity contribution in [1.29, 1.82) is 0 Å². The molecule has 0 fully saturated rings. The van der Waals surface area contributed by atoms with E-state index in [2.05, 4.69) is 63.9 Å². The van der Waals surface area contributed by atoms with Crippen LogP contribution in [0.25, 0.3) is 0 Å². The van der Waals surface area contributed by atoms with E-state index in [0.29, 0.717) is 10.9 Å². The summed E-state index contributed by atoms with van der Waals surface area (Å²) in [5.74, 6) is 1.50. The molecule has 0 aliphatic carbocycles. The number of nitrogens with one attached hydrogen (secondary N) is 1. The number of hydrogen-bond acceptors (Lipinski definition) is 5. The number of nitrogens with zero attached hydrogens (tertiary/aromatic N) is 2. The third kappa shape index (κ3) is 3.51. The summed E-state index contributed by atoms with van der Waals surface area (Å²) in [5.41, 5.74) is 5.17. The summed E-state index contributed by atoms with van der Waals surface area (Å²) >= 11 is 6.20. The van der Waals surface area contributed by atoms with E-state index in [1.54, 1.807) is 7.11 Å². The van der Waals surface area contributed by atoms with E-state index in [1.807, 2.05) is 37.3 Å². The van der Waals surface area contributed by atoms with E-state index >= 15 is 0 Å². The maximum atomic E-state index is 6.20. The first-order valence-corrected chi connectivity index (χ1v) is 10.5. The first-order chi connectivity index (χ1) is 15.2. The Labute approximate surface area is 186 Å². The Morgan fingerprint density at radius 3 is 2.29 bits per heavy atom. The third-order valence-electron chi connectivity index (χ3n) is 5.68. The van der Waals surface area contributed by atoms with Gasteiger partial charge in [0.1, 0.15) is 11.9 Å². The van der Waals surface area contributed by atoms with Crippen LogP contribution in [0.15, 0.2) is 83.4 Å². The van der Waals surface area contributed by atoms with E-state index in [0.717, 1.165) is 33.8 Å². The predicted octanol–water partition coefficient (Wildman–Crippen LogP) is 6.37. The van der Waals surface area contributed by atoms with E-state index in [9.17, 15) is 0 Å². The van der Waals surface area contributed by atoms with Gasteiger partial charge in [0.2, 0.25) is 5.88 Å². The minimum Gasteiger partial charge on any atom is -0.497 e. The quantitative estimate of drug-likeness (QED) is 0.407. The van der Waals surface area contributed by atoms with Crippen LogP contribution in [0.5, 0.6) is 5.75 Å². The number of anilines is 2. The second-order valence-corrected chi connectivity index (χ2v) is 7.96. The zero-order valence-corrected chi connectivity index (χ0v) is 18.0. The number of aryl methyl sites for hydroxylation is 1. The minimum absolute atomic E-state index is 0.103. The maximum absolute atomic E-state index is 6.20. The Bertz CT molecular complexity index is 1170. The molecule has 1 aromatic heterocycles. The molecule has 1 aliphatic rings. The first kappa shape index (κ1) is 19.5. The van der Waals surface area contributed by atoms with Gasteiger partial charge in [0.05, 0.1) is 24.4 Å². The van der Waals surface area contributed by atoms with Gasteiger partial charge in [-0.3, -0.25) is 0 Å². The summed E-state index contributed by atoms with van der Waals surface area (Å²) in [4.78, 5) is 2.36. The van der Waals surface area contributed by atoms with Gasteiger partial charge in [-0.1, -0.05) is 59.2 Å². The van der Waals surface area contributed by atoms with Gasteiger partial charge < -0.3 is 19.5 Å². The third-order valence-corrected chi connectivity index (χ3v) is 5.93. The highest BCUT2D eigenvalue weighted by atomic mass is 35.5. The molecular weight excluding hydrogens is 410 g/mol.